The van der Waals surface area contributed by atoms with E-state index in [9.17, 15) is 0 Å². The molecule has 0 amide bonds. The van der Waals surface area contributed by atoms with E-state index in [0.717, 1.165) is 25.9 Å². The number of thiophene rings is 1. The molecule has 0 aliphatic heterocycles. The van der Waals surface area contributed by atoms with Crippen LogP contribution in [0.1, 0.15) is 31.6 Å². The van der Waals surface area contributed by atoms with Crippen LogP contribution >= 0.6 is 11.3 Å². The van der Waals surface area contributed by atoms with Crippen LogP contribution < -0.4 is 11.1 Å². The molecule has 3 heteroatoms. The largest absolute Gasteiger partial charge is 0.326 e. The number of nitrogens with two attached hydrogens (primary N) is 1. The van der Waals surface area contributed by atoms with Gasteiger partial charge in [-0.1, -0.05) is 6.07 Å². The SMILES string of the molecule is CC(C)(N)CCCNCc1cccs1. The van der Waals surface area contributed by atoms with Crippen molar-refractivity contribution in [3.8, 4) is 0 Å². The van der Waals surface area contributed by atoms with E-state index >= 15 is 0 Å². The van der Waals surface area contributed by atoms with Crippen molar-refractivity contribution in [2.75, 3.05) is 6.54 Å². The molecular formula is C11H20N2S. The molecule has 0 fully saturated rings. The molecule has 0 aromatic carbocycles. The lowest BCUT2D eigenvalue weighted by Gasteiger charge is -2.17. The standard InChI is InChI=1S/C11H20N2S/c1-11(2,12)6-4-7-13-9-10-5-3-8-14-10/h3,5,8,13H,4,6-7,9,12H2,1-2H3. The minimum Gasteiger partial charge on any atom is -0.326 e. The molecule has 1 heterocycles. The van der Waals surface area contributed by atoms with Gasteiger partial charge in [0.25, 0.3) is 0 Å². The molecule has 1 aromatic rings. The number of rotatable bonds is 6. The second-order valence-electron chi connectivity index (χ2n) is 4.35. The zero-order valence-electron chi connectivity index (χ0n) is 9.05. The summed E-state index contributed by atoms with van der Waals surface area (Å²) in [7, 11) is 0. The van der Waals surface area contributed by atoms with E-state index < -0.39 is 0 Å². The normalized spacial score (nSPS) is 11.9. The molecule has 0 spiro atoms. The van der Waals surface area contributed by atoms with Gasteiger partial charge in [0, 0.05) is 17.0 Å². The highest BCUT2D eigenvalue weighted by atomic mass is 32.1. The predicted octanol–water partition coefficient (Wildman–Crippen LogP) is 2.36. The van der Waals surface area contributed by atoms with Crippen LogP contribution in [0.4, 0.5) is 0 Å². The fourth-order valence-corrected chi connectivity index (χ4v) is 1.97. The van der Waals surface area contributed by atoms with Gasteiger partial charge in [-0.15, -0.1) is 11.3 Å². The third kappa shape index (κ3) is 5.37. The zero-order valence-corrected chi connectivity index (χ0v) is 9.86. The van der Waals surface area contributed by atoms with Gasteiger partial charge in [0.05, 0.1) is 0 Å². The van der Waals surface area contributed by atoms with Crippen molar-refractivity contribution in [3.05, 3.63) is 22.4 Å². The van der Waals surface area contributed by atoms with Gasteiger partial charge in [0.15, 0.2) is 0 Å². The van der Waals surface area contributed by atoms with E-state index in [-0.39, 0.29) is 5.54 Å². The van der Waals surface area contributed by atoms with Crippen LogP contribution in [0.3, 0.4) is 0 Å². The van der Waals surface area contributed by atoms with Crippen LogP contribution in [0.2, 0.25) is 0 Å². The molecule has 3 N–H and O–H groups in total. The van der Waals surface area contributed by atoms with Gasteiger partial charge >= 0.3 is 0 Å². The fourth-order valence-electron chi connectivity index (χ4n) is 1.29. The van der Waals surface area contributed by atoms with Crippen molar-refractivity contribution in [1.82, 2.24) is 5.32 Å². The molecular weight excluding hydrogens is 192 g/mol. The van der Waals surface area contributed by atoms with E-state index in [1.807, 2.05) is 0 Å². The second kappa shape index (κ2) is 5.49. The number of nitrogens with one attached hydrogen (secondary N) is 1. The first-order valence-electron chi connectivity index (χ1n) is 5.10. The summed E-state index contributed by atoms with van der Waals surface area (Å²) in [6.45, 7) is 6.19. The van der Waals surface area contributed by atoms with E-state index in [1.54, 1.807) is 11.3 Å². The highest BCUT2D eigenvalue weighted by molar-refractivity contribution is 7.09. The summed E-state index contributed by atoms with van der Waals surface area (Å²) in [5, 5.41) is 5.53. The van der Waals surface area contributed by atoms with Crippen LogP contribution in [0.15, 0.2) is 17.5 Å². The first kappa shape index (κ1) is 11.7. The Morgan fingerprint density at radius 3 is 2.86 bits per heavy atom. The fraction of sp³-hybridized carbons (Fsp3) is 0.636. The van der Waals surface area contributed by atoms with Crippen molar-refractivity contribution in [2.45, 2.75) is 38.8 Å². The van der Waals surface area contributed by atoms with Gasteiger partial charge in [-0.2, -0.15) is 0 Å². The molecule has 0 aliphatic rings. The minimum absolute atomic E-state index is 0.0232. The molecule has 0 aliphatic carbocycles. The van der Waals surface area contributed by atoms with Crippen LogP contribution in [0, 0.1) is 0 Å². The molecule has 0 saturated carbocycles. The first-order valence-corrected chi connectivity index (χ1v) is 5.98. The van der Waals surface area contributed by atoms with Crippen molar-refractivity contribution < 1.29 is 0 Å². The minimum atomic E-state index is -0.0232. The van der Waals surface area contributed by atoms with E-state index in [1.165, 1.54) is 4.88 Å². The van der Waals surface area contributed by atoms with Gasteiger partial charge in [-0.3, -0.25) is 0 Å². The Morgan fingerprint density at radius 2 is 2.29 bits per heavy atom. The van der Waals surface area contributed by atoms with Crippen molar-refractivity contribution in [2.24, 2.45) is 5.73 Å². The first-order chi connectivity index (χ1) is 6.58. The summed E-state index contributed by atoms with van der Waals surface area (Å²) in [6.07, 6.45) is 2.22. The zero-order chi connectivity index (χ0) is 10.4. The third-order valence-corrected chi connectivity index (χ3v) is 2.93. The average molecular weight is 212 g/mol. The summed E-state index contributed by atoms with van der Waals surface area (Å²) in [4.78, 5) is 1.40. The molecule has 80 valence electrons. The van der Waals surface area contributed by atoms with Crippen molar-refractivity contribution in [1.29, 1.82) is 0 Å². The van der Waals surface area contributed by atoms with Gasteiger partial charge in [0.1, 0.15) is 0 Å². The summed E-state index contributed by atoms with van der Waals surface area (Å²) in [5.41, 5.74) is 5.86. The molecule has 0 radical (unpaired) electrons. The maximum Gasteiger partial charge on any atom is 0.0299 e. The Labute approximate surface area is 90.5 Å². The van der Waals surface area contributed by atoms with Crippen LogP contribution in [-0.2, 0) is 6.54 Å². The molecule has 0 atom stereocenters. The maximum absolute atomic E-state index is 5.89. The van der Waals surface area contributed by atoms with Crippen LogP contribution in [0.5, 0.6) is 0 Å². The highest BCUT2D eigenvalue weighted by Gasteiger charge is 2.08. The summed E-state index contributed by atoms with van der Waals surface area (Å²) < 4.78 is 0. The lowest BCUT2D eigenvalue weighted by Crippen LogP contribution is -2.32. The Kier molecular flexibility index (Phi) is 4.58. The summed E-state index contributed by atoms with van der Waals surface area (Å²) in [5.74, 6) is 0. The summed E-state index contributed by atoms with van der Waals surface area (Å²) in [6, 6.07) is 4.25. The van der Waals surface area contributed by atoms with Crippen LogP contribution in [-0.4, -0.2) is 12.1 Å². The Bertz CT molecular complexity index is 236. The molecule has 2 nitrogen and oxygen atoms in total. The Hall–Kier alpha value is -0.380. The topological polar surface area (TPSA) is 38.0 Å². The molecule has 0 bridgehead atoms. The second-order valence-corrected chi connectivity index (χ2v) is 5.38. The maximum atomic E-state index is 5.89. The van der Waals surface area contributed by atoms with E-state index in [0.29, 0.717) is 0 Å². The van der Waals surface area contributed by atoms with Gasteiger partial charge in [0.2, 0.25) is 0 Å². The lowest BCUT2D eigenvalue weighted by atomic mass is 10.0. The summed E-state index contributed by atoms with van der Waals surface area (Å²) >= 11 is 1.80. The lowest BCUT2D eigenvalue weighted by molar-refractivity contribution is 0.449. The molecule has 1 rings (SSSR count). The van der Waals surface area contributed by atoms with Gasteiger partial charge in [-0.05, 0) is 44.7 Å². The van der Waals surface area contributed by atoms with Gasteiger partial charge in [-0.25, -0.2) is 0 Å². The van der Waals surface area contributed by atoms with Crippen molar-refractivity contribution >= 4 is 11.3 Å². The predicted molar refractivity (Wildman–Crippen MR) is 63.5 cm³/mol. The molecule has 0 saturated heterocycles. The van der Waals surface area contributed by atoms with E-state index in [4.69, 9.17) is 5.73 Å². The third-order valence-electron chi connectivity index (χ3n) is 2.05. The number of hydrogen-bond donors (Lipinski definition) is 2. The molecule has 1 aromatic heterocycles. The van der Waals surface area contributed by atoms with Gasteiger partial charge < -0.3 is 11.1 Å². The average Bonchev–Trinajstić information content (AvgIpc) is 2.54. The quantitative estimate of drug-likeness (QED) is 0.710. The Morgan fingerprint density at radius 1 is 1.50 bits per heavy atom. The van der Waals surface area contributed by atoms with E-state index in [2.05, 4.69) is 36.7 Å². The smallest absolute Gasteiger partial charge is 0.0299 e. The molecule has 14 heavy (non-hydrogen) atoms. The van der Waals surface area contributed by atoms with Crippen molar-refractivity contribution in [3.63, 3.8) is 0 Å². The van der Waals surface area contributed by atoms with Crippen LogP contribution in [0.25, 0.3) is 0 Å². The highest BCUT2D eigenvalue weighted by Crippen LogP contribution is 2.08. The number of hydrogen-bond acceptors (Lipinski definition) is 3. The monoisotopic (exact) mass is 212 g/mol. The Balaban J connectivity index is 2.00. The molecule has 0 unspecified atom stereocenters.